The number of esters is 1. The molecule has 1 fully saturated rings. The van der Waals surface area contributed by atoms with Crippen molar-refractivity contribution in [3.05, 3.63) is 16.1 Å². The largest absolute Gasteiger partial charge is 0.461 e. The fourth-order valence-corrected chi connectivity index (χ4v) is 2.01. The molecule has 0 spiro atoms. The molecule has 82 valence electrons. The van der Waals surface area contributed by atoms with E-state index >= 15 is 0 Å². The van der Waals surface area contributed by atoms with Crippen molar-refractivity contribution in [3.63, 3.8) is 0 Å². The lowest BCUT2D eigenvalue weighted by molar-refractivity contribution is -0.0414. The highest BCUT2D eigenvalue weighted by Gasteiger charge is 2.22. The molecule has 0 aromatic carbocycles. The molecular weight excluding hydrogens is 218 g/mol. The van der Waals surface area contributed by atoms with Gasteiger partial charge >= 0.3 is 5.97 Å². The fourth-order valence-electron chi connectivity index (χ4n) is 1.21. The summed E-state index contributed by atoms with van der Waals surface area (Å²) in [6, 6.07) is 0. The zero-order chi connectivity index (χ0) is 10.7. The van der Waals surface area contributed by atoms with Gasteiger partial charge in [-0.25, -0.2) is 9.78 Å². The molecule has 6 heteroatoms. The van der Waals surface area contributed by atoms with Crippen LogP contribution in [0.25, 0.3) is 0 Å². The predicted molar refractivity (Wildman–Crippen MR) is 52.7 cm³/mol. The minimum Gasteiger partial charge on any atom is -0.461 e. The van der Waals surface area contributed by atoms with E-state index in [4.69, 9.17) is 14.2 Å². The zero-order valence-electron chi connectivity index (χ0n) is 8.26. The number of ether oxygens (including phenoxy) is 3. The third-order valence-corrected chi connectivity index (χ3v) is 2.83. The Morgan fingerprint density at radius 3 is 3.07 bits per heavy atom. The molecule has 1 aliphatic rings. The van der Waals surface area contributed by atoms with Crippen LogP contribution < -0.4 is 0 Å². The van der Waals surface area contributed by atoms with Crippen LogP contribution in [0.4, 0.5) is 0 Å². The van der Waals surface area contributed by atoms with Crippen molar-refractivity contribution in [2.24, 2.45) is 0 Å². The molecule has 2 heterocycles. The van der Waals surface area contributed by atoms with E-state index in [2.05, 4.69) is 4.98 Å². The minimum atomic E-state index is -0.397. The molecule has 1 aromatic heterocycles. The Morgan fingerprint density at radius 2 is 2.40 bits per heavy atom. The molecule has 0 unspecified atom stereocenters. The van der Waals surface area contributed by atoms with Gasteiger partial charge in [0.25, 0.3) is 0 Å². The summed E-state index contributed by atoms with van der Waals surface area (Å²) in [4.78, 5) is 16.1. The zero-order valence-corrected chi connectivity index (χ0v) is 9.08. The van der Waals surface area contributed by atoms with E-state index in [1.165, 1.54) is 11.3 Å². The number of carbonyl (C=O) groups excluding carboxylic acids is 1. The van der Waals surface area contributed by atoms with Gasteiger partial charge in [0, 0.05) is 6.20 Å². The lowest BCUT2D eigenvalue weighted by Gasteiger charge is -2.03. The van der Waals surface area contributed by atoms with Gasteiger partial charge in [0.1, 0.15) is 0 Å². The Labute approximate surface area is 91.0 Å². The average Bonchev–Trinajstić information content (AvgIpc) is 2.89. The van der Waals surface area contributed by atoms with Crippen molar-refractivity contribution in [2.75, 3.05) is 19.8 Å². The molecule has 0 N–H and O–H groups in total. The first kappa shape index (κ1) is 10.5. The van der Waals surface area contributed by atoms with Crippen LogP contribution in [0.3, 0.4) is 0 Å². The summed E-state index contributed by atoms with van der Waals surface area (Å²) in [5, 5.41) is 0.339. The van der Waals surface area contributed by atoms with E-state index in [0.717, 1.165) is 4.88 Å². The number of aromatic nitrogens is 1. The highest BCUT2D eigenvalue weighted by Crippen LogP contribution is 2.28. The van der Waals surface area contributed by atoms with Gasteiger partial charge in [0.2, 0.25) is 5.01 Å². The third kappa shape index (κ3) is 2.34. The van der Waals surface area contributed by atoms with Crippen molar-refractivity contribution in [1.29, 1.82) is 0 Å². The molecule has 0 radical (unpaired) electrons. The molecule has 0 amide bonds. The summed E-state index contributed by atoms with van der Waals surface area (Å²) in [6.07, 6.45) is 1.22. The van der Waals surface area contributed by atoms with Crippen LogP contribution in [-0.2, 0) is 14.2 Å². The molecular formula is C9H11NO4S. The molecule has 1 saturated heterocycles. The Bertz CT molecular complexity index is 346. The van der Waals surface area contributed by atoms with Crippen LogP contribution in [0.2, 0.25) is 0 Å². The number of hydrogen-bond acceptors (Lipinski definition) is 6. The Hall–Kier alpha value is -0.980. The standard InChI is InChI=1S/C9H11NO4S/c1-2-12-8(11)7-10-5-6(15-7)9-13-3-4-14-9/h5,9H,2-4H2,1H3. The van der Waals surface area contributed by atoms with E-state index in [1.807, 2.05) is 0 Å². The van der Waals surface area contributed by atoms with Gasteiger partial charge in [-0.15, -0.1) is 11.3 Å². The molecule has 0 aliphatic carbocycles. The summed E-state index contributed by atoms with van der Waals surface area (Å²) in [5.41, 5.74) is 0. The highest BCUT2D eigenvalue weighted by atomic mass is 32.1. The van der Waals surface area contributed by atoms with E-state index in [9.17, 15) is 4.79 Å². The molecule has 15 heavy (non-hydrogen) atoms. The van der Waals surface area contributed by atoms with E-state index < -0.39 is 5.97 Å². The van der Waals surface area contributed by atoms with Crippen molar-refractivity contribution in [3.8, 4) is 0 Å². The molecule has 0 bridgehead atoms. The van der Waals surface area contributed by atoms with Crippen LogP contribution in [0.1, 0.15) is 27.9 Å². The average molecular weight is 229 g/mol. The second-order valence-electron chi connectivity index (χ2n) is 2.86. The van der Waals surface area contributed by atoms with Crippen LogP contribution in [0.5, 0.6) is 0 Å². The number of thiazole rings is 1. The second-order valence-corrected chi connectivity index (χ2v) is 3.92. The Morgan fingerprint density at radius 1 is 1.67 bits per heavy atom. The van der Waals surface area contributed by atoms with E-state index in [-0.39, 0.29) is 6.29 Å². The first-order chi connectivity index (χ1) is 7.31. The summed E-state index contributed by atoms with van der Waals surface area (Å²) in [6.45, 7) is 3.27. The number of carbonyl (C=O) groups is 1. The monoisotopic (exact) mass is 229 g/mol. The van der Waals surface area contributed by atoms with Crippen molar-refractivity contribution >= 4 is 17.3 Å². The smallest absolute Gasteiger partial charge is 0.367 e. The maximum absolute atomic E-state index is 11.3. The lowest BCUT2D eigenvalue weighted by atomic mass is 10.5. The molecule has 0 saturated carbocycles. The van der Waals surface area contributed by atoms with Gasteiger partial charge < -0.3 is 14.2 Å². The molecule has 1 aliphatic heterocycles. The van der Waals surface area contributed by atoms with Gasteiger partial charge in [-0.3, -0.25) is 0 Å². The Balaban J connectivity index is 2.06. The lowest BCUT2D eigenvalue weighted by Crippen LogP contribution is -2.03. The summed E-state index contributed by atoms with van der Waals surface area (Å²) in [7, 11) is 0. The maximum atomic E-state index is 11.3. The van der Waals surface area contributed by atoms with Crippen molar-refractivity contribution in [2.45, 2.75) is 13.2 Å². The SMILES string of the molecule is CCOC(=O)c1ncc(C2OCCO2)s1. The normalized spacial score (nSPS) is 16.9. The maximum Gasteiger partial charge on any atom is 0.367 e. The third-order valence-electron chi connectivity index (χ3n) is 1.83. The first-order valence-electron chi connectivity index (χ1n) is 4.67. The molecule has 2 rings (SSSR count). The van der Waals surface area contributed by atoms with Crippen LogP contribution in [-0.4, -0.2) is 30.8 Å². The Kier molecular flexibility index (Phi) is 3.30. The summed E-state index contributed by atoms with van der Waals surface area (Å²) in [5.74, 6) is -0.397. The van der Waals surface area contributed by atoms with Crippen molar-refractivity contribution < 1.29 is 19.0 Å². The quantitative estimate of drug-likeness (QED) is 0.732. The highest BCUT2D eigenvalue weighted by molar-refractivity contribution is 7.13. The number of rotatable bonds is 3. The summed E-state index contributed by atoms with van der Waals surface area (Å²) < 4.78 is 15.4. The van der Waals surface area contributed by atoms with Gasteiger partial charge in [-0.05, 0) is 6.92 Å². The molecule has 1 aromatic rings. The van der Waals surface area contributed by atoms with Crippen LogP contribution in [0.15, 0.2) is 6.20 Å². The van der Waals surface area contributed by atoms with Gasteiger partial charge in [0.15, 0.2) is 6.29 Å². The van der Waals surface area contributed by atoms with E-state index in [1.54, 1.807) is 13.1 Å². The van der Waals surface area contributed by atoms with Gasteiger partial charge in [0.05, 0.1) is 24.7 Å². The first-order valence-corrected chi connectivity index (χ1v) is 5.49. The summed E-state index contributed by atoms with van der Waals surface area (Å²) >= 11 is 1.24. The fraction of sp³-hybridized carbons (Fsp3) is 0.556. The molecule has 5 nitrogen and oxygen atoms in total. The van der Waals surface area contributed by atoms with Gasteiger partial charge in [-0.2, -0.15) is 0 Å². The van der Waals surface area contributed by atoms with Crippen LogP contribution >= 0.6 is 11.3 Å². The van der Waals surface area contributed by atoms with Crippen LogP contribution in [0, 0.1) is 0 Å². The topological polar surface area (TPSA) is 57.7 Å². The number of nitrogens with zero attached hydrogens (tertiary/aromatic N) is 1. The van der Waals surface area contributed by atoms with Crippen molar-refractivity contribution in [1.82, 2.24) is 4.98 Å². The number of hydrogen-bond donors (Lipinski definition) is 0. The second kappa shape index (κ2) is 4.69. The minimum absolute atomic E-state index is 0.339. The van der Waals surface area contributed by atoms with Gasteiger partial charge in [-0.1, -0.05) is 0 Å². The molecule has 0 atom stereocenters. The van der Waals surface area contributed by atoms with E-state index in [0.29, 0.717) is 24.8 Å². The predicted octanol–water partition coefficient (Wildman–Crippen LogP) is 1.37.